The molecule has 0 aromatic heterocycles. The van der Waals surface area contributed by atoms with Crippen LogP contribution in [-0.2, 0) is 24.9 Å². The van der Waals surface area contributed by atoms with Gasteiger partial charge >= 0.3 is 18.4 Å². The van der Waals surface area contributed by atoms with E-state index < -0.39 is 64.0 Å². The number of halogens is 7. The van der Waals surface area contributed by atoms with Crippen LogP contribution in [-0.4, -0.2) is 63.2 Å². The number of nitrogens with zero attached hydrogens (tertiary/aromatic N) is 1. The van der Waals surface area contributed by atoms with Crippen LogP contribution in [0.15, 0.2) is 59.5 Å². The van der Waals surface area contributed by atoms with E-state index in [1.807, 2.05) is 0 Å². The van der Waals surface area contributed by atoms with E-state index in [9.17, 15) is 49.1 Å². The molecule has 3 rings (SSSR count). The number of sulfone groups is 1. The van der Waals surface area contributed by atoms with Crippen LogP contribution in [0.25, 0.3) is 0 Å². The van der Waals surface area contributed by atoms with Gasteiger partial charge in [-0.05, 0) is 24.1 Å². The van der Waals surface area contributed by atoms with Crippen LogP contribution in [0.5, 0.6) is 0 Å². The summed E-state index contributed by atoms with van der Waals surface area (Å²) < 4.78 is 122. The van der Waals surface area contributed by atoms with Crippen LogP contribution >= 0.6 is 0 Å². The number of alkyl halides is 7. The van der Waals surface area contributed by atoms with Crippen molar-refractivity contribution >= 4 is 15.9 Å². The van der Waals surface area contributed by atoms with E-state index >= 15 is 0 Å². The van der Waals surface area contributed by atoms with Gasteiger partial charge in [-0.15, -0.1) is 0 Å². The fourth-order valence-electron chi connectivity index (χ4n) is 4.09. The van der Waals surface area contributed by atoms with E-state index in [-0.39, 0.29) is 23.4 Å². The highest BCUT2D eigenvalue weighted by Gasteiger charge is 2.71. The molecule has 0 radical (unpaired) electrons. The summed E-state index contributed by atoms with van der Waals surface area (Å²) in [6.45, 7) is -2.34. The molecular formula is C22H20F7NO5S. The molecule has 1 amide bonds. The second kappa shape index (κ2) is 9.54. The first-order chi connectivity index (χ1) is 16.6. The van der Waals surface area contributed by atoms with E-state index in [0.717, 1.165) is 17.0 Å². The number of ether oxygens (including phenoxy) is 1. The van der Waals surface area contributed by atoms with Crippen molar-refractivity contribution in [3.8, 4) is 0 Å². The molecule has 2 aromatic rings. The van der Waals surface area contributed by atoms with E-state index in [0.29, 0.717) is 12.1 Å². The molecule has 0 aliphatic carbocycles. The zero-order valence-corrected chi connectivity index (χ0v) is 19.1. The summed E-state index contributed by atoms with van der Waals surface area (Å²) in [5.74, 6) is 0. The second-order valence-corrected chi connectivity index (χ2v) is 10.3. The van der Waals surface area contributed by atoms with Crippen LogP contribution in [0.4, 0.5) is 35.5 Å². The molecule has 1 N–H and O–H groups in total. The summed E-state index contributed by atoms with van der Waals surface area (Å²) >= 11 is 0. The van der Waals surface area contributed by atoms with Gasteiger partial charge in [0.15, 0.2) is 9.84 Å². The number of carbonyl (C=O) groups is 1. The largest absolute Gasteiger partial charge is 0.447 e. The molecule has 1 fully saturated rings. The van der Waals surface area contributed by atoms with Crippen LogP contribution in [0.3, 0.4) is 0 Å². The first-order valence-electron chi connectivity index (χ1n) is 10.4. The Morgan fingerprint density at radius 1 is 0.972 bits per heavy atom. The Kier molecular flexibility index (Phi) is 7.34. The Hall–Kier alpha value is -2.87. The summed E-state index contributed by atoms with van der Waals surface area (Å²) in [5.41, 5.74) is -6.96. The summed E-state index contributed by atoms with van der Waals surface area (Å²) in [4.78, 5) is 13.0. The molecule has 2 aromatic carbocycles. The van der Waals surface area contributed by atoms with Gasteiger partial charge in [0.05, 0.1) is 4.90 Å². The average molecular weight is 543 g/mol. The predicted molar refractivity (Wildman–Crippen MR) is 111 cm³/mol. The Morgan fingerprint density at radius 3 is 2.03 bits per heavy atom. The minimum Gasteiger partial charge on any atom is -0.447 e. The van der Waals surface area contributed by atoms with Gasteiger partial charge < -0.3 is 14.7 Å². The Labute approximate surface area is 201 Å². The molecule has 1 aliphatic heterocycles. The number of hydrogen-bond donors (Lipinski definition) is 1. The van der Waals surface area contributed by atoms with Gasteiger partial charge in [-0.3, -0.25) is 0 Å². The second-order valence-electron chi connectivity index (χ2n) is 8.07. The zero-order chi connectivity index (χ0) is 27.0. The molecule has 0 bridgehead atoms. The lowest BCUT2D eigenvalue weighted by molar-refractivity contribution is -0.376. The number of hydrogen-bond acceptors (Lipinski definition) is 5. The van der Waals surface area contributed by atoms with E-state index in [2.05, 4.69) is 0 Å². The third-order valence-corrected chi connectivity index (χ3v) is 8.50. The number of rotatable bonds is 6. The van der Waals surface area contributed by atoms with Crippen LogP contribution in [0.1, 0.15) is 17.5 Å². The number of amides is 1. The van der Waals surface area contributed by atoms with Crippen molar-refractivity contribution in [1.82, 2.24) is 4.90 Å². The first-order valence-corrected chi connectivity index (χ1v) is 11.8. The Balaban J connectivity index is 2.13. The lowest BCUT2D eigenvalue weighted by Crippen LogP contribution is -2.54. The monoisotopic (exact) mass is 543 g/mol. The molecule has 0 spiro atoms. The molecule has 1 heterocycles. The maximum absolute atomic E-state index is 13.7. The van der Waals surface area contributed by atoms with E-state index in [4.69, 9.17) is 4.74 Å². The lowest BCUT2D eigenvalue weighted by atomic mass is 9.89. The highest BCUT2D eigenvalue weighted by atomic mass is 32.2. The van der Waals surface area contributed by atoms with Crippen molar-refractivity contribution in [2.45, 2.75) is 34.0 Å². The van der Waals surface area contributed by atoms with Crippen molar-refractivity contribution < 1.29 is 53.8 Å². The smallest absolute Gasteiger partial charge is 0.430 e. The predicted octanol–water partition coefficient (Wildman–Crippen LogP) is 4.48. The molecule has 1 aliphatic rings. The maximum atomic E-state index is 13.7. The molecule has 1 saturated heterocycles. The van der Waals surface area contributed by atoms with Gasteiger partial charge in [0.2, 0.25) is 0 Å². The lowest BCUT2D eigenvalue weighted by Gasteiger charge is -2.34. The van der Waals surface area contributed by atoms with E-state index in [1.165, 1.54) is 30.3 Å². The van der Waals surface area contributed by atoms with Gasteiger partial charge in [-0.1, -0.05) is 42.5 Å². The molecule has 36 heavy (non-hydrogen) atoms. The van der Waals surface area contributed by atoms with Gasteiger partial charge in [0.25, 0.3) is 5.60 Å². The number of aliphatic hydroxyl groups is 1. The number of carbonyl (C=O) groups excluding carboxylic acids is 1. The molecule has 1 unspecified atom stereocenters. The van der Waals surface area contributed by atoms with Crippen LogP contribution < -0.4 is 0 Å². The summed E-state index contributed by atoms with van der Waals surface area (Å²) in [7, 11) is -4.38. The molecule has 0 saturated carbocycles. The minimum atomic E-state index is -6.12. The topological polar surface area (TPSA) is 83.9 Å². The van der Waals surface area contributed by atoms with Crippen molar-refractivity contribution in [1.29, 1.82) is 0 Å². The molecule has 198 valence electrons. The van der Waals surface area contributed by atoms with Gasteiger partial charge in [0.1, 0.15) is 18.0 Å². The Morgan fingerprint density at radius 2 is 1.53 bits per heavy atom. The Bertz CT molecular complexity index is 1170. The maximum Gasteiger partial charge on any atom is 0.430 e. The molecule has 1 atom stereocenters. The molecular weight excluding hydrogens is 523 g/mol. The zero-order valence-electron chi connectivity index (χ0n) is 18.3. The SMILES string of the molecule is O=C(OCCF)N1CCC(c2ccc(C(O)(C(F)(F)F)C(F)(F)F)cc2)(S(=O)(=O)c2ccccc2)C1. The fraction of sp³-hybridized carbons (Fsp3) is 0.409. The summed E-state index contributed by atoms with van der Waals surface area (Å²) in [6, 6.07) is 9.06. The summed E-state index contributed by atoms with van der Waals surface area (Å²) in [6.07, 6.45) is -13.6. The average Bonchev–Trinajstić information content (AvgIpc) is 3.29. The molecule has 6 nitrogen and oxygen atoms in total. The fourth-order valence-corrected chi connectivity index (χ4v) is 6.19. The highest BCUT2D eigenvalue weighted by Crippen LogP contribution is 2.51. The highest BCUT2D eigenvalue weighted by molar-refractivity contribution is 7.92. The number of benzene rings is 2. The van der Waals surface area contributed by atoms with Crippen molar-refractivity contribution in [2.24, 2.45) is 0 Å². The minimum absolute atomic E-state index is 0.199. The first kappa shape index (κ1) is 27.7. The number of likely N-dealkylation sites (tertiary alicyclic amines) is 1. The van der Waals surface area contributed by atoms with Crippen LogP contribution in [0, 0.1) is 0 Å². The van der Waals surface area contributed by atoms with Gasteiger partial charge in [0, 0.05) is 18.7 Å². The quantitative estimate of drug-likeness (QED) is 0.544. The standard InChI is InChI=1S/C22H20F7NO5S/c23-11-13-35-18(31)30-12-10-19(14-30,36(33,34)17-4-2-1-3-5-17)15-6-8-16(9-7-15)20(32,21(24,25)26)22(27,28)29/h1-9,32H,10-14H2. The summed E-state index contributed by atoms with van der Waals surface area (Å²) in [5, 5.41) is 9.64. The van der Waals surface area contributed by atoms with Crippen molar-refractivity contribution in [2.75, 3.05) is 26.4 Å². The van der Waals surface area contributed by atoms with Gasteiger partial charge in [-0.2, -0.15) is 26.3 Å². The van der Waals surface area contributed by atoms with Crippen LogP contribution in [0.2, 0.25) is 0 Å². The van der Waals surface area contributed by atoms with Crippen molar-refractivity contribution in [3.63, 3.8) is 0 Å². The molecule has 14 heteroatoms. The third kappa shape index (κ3) is 4.51. The van der Waals surface area contributed by atoms with E-state index in [1.54, 1.807) is 0 Å². The third-order valence-electron chi connectivity index (χ3n) is 6.01. The van der Waals surface area contributed by atoms with Crippen molar-refractivity contribution in [3.05, 3.63) is 65.7 Å². The normalized spacial score (nSPS) is 19.4. The van der Waals surface area contributed by atoms with Gasteiger partial charge in [-0.25, -0.2) is 17.6 Å².